The molecule has 0 unspecified atom stereocenters. The minimum atomic E-state index is -3.61. The second-order valence-corrected chi connectivity index (χ2v) is 12.2. The molecule has 31 heavy (non-hydrogen) atoms. The third-order valence-corrected chi connectivity index (χ3v) is 10.5. The van der Waals surface area contributed by atoms with Gasteiger partial charge in [-0.2, -0.15) is 0 Å². The summed E-state index contributed by atoms with van der Waals surface area (Å²) < 4.78 is 28.3. The maximum absolute atomic E-state index is 13.7. The van der Waals surface area contributed by atoms with Crippen LogP contribution in [0.25, 0.3) is 0 Å². The molecule has 2 bridgehead atoms. The Labute approximate surface area is 187 Å². The molecular formula is C25H35N2O3S+. The topological polar surface area (TPSA) is 54.5 Å². The molecule has 2 aliphatic carbocycles. The van der Waals surface area contributed by atoms with Crippen LogP contribution in [0.1, 0.15) is 38.7 Å². The summed E-state index contributed by atoms with van der Waals surface area (Å²) in [6.45, 7) is 14.1. The minimum Gasteiger partial charge on any atom is -0.306 e. The zero-order chi connectivity index (χ0) is 22.5. The van der Waals surface area contributed by atoms with Crippen molar-refractivity contribution in [2.24, 2.45) is 16.7 Å². The maximum atomic E-state index is 13.7. The molecule has 3 fully saturated rings. The molecule has 2 saturated carbocycles. The normalized spacial score (nSPS) is 30.2. The van der Waals surface area contributed by atoms with Crippen molar-refractivity contribution >= 4 is 15.9 Å². The highest BCUT2D eigenvalue weighted by atomic mass is 32.2. The van der Waals surface area contributed by atoms with Crippen molar-refractivity contribution in [1.82, 2.24) is 4.31 Å². The Kier molecular flexibility index (Phi) is 5.46. The number of sulfonamides is 1. The molecule has 0 N–H and O–H groups in total. The quantitative estimate of drug-likeness (QED) is 0.454. The molecule has 0 radical (unpaired) electrons. The zero-order valence-corrected chi connectivity index (χ0v) is 19.6. The van der Waals surface area contributed by atoms with Gasteiger partial charge in [0.2, 0.25) is 10.0 Å². The average Bonchev–Trinajstić information content (AvgIpc) is 3.16. The molecule has 1 spiro atoms. The molecule has 3 atom stereocenters. The van der Waals surface area contributed by atoms with Crippen LogP contribution in [-0.4, -0.2) is 54.5 Å². The molecule has 1 aliphatic heterocycles. The summed E-state index contributed by atoms with van der Waals surface area (Å²) in [6.07, 6.45) is 6.42. The van der Waals surface area contributed by atoms with Gasteiger partial charge in [-0.25, -0.2) is 12.7 Å². The van der Waals surface area contributed by atoms with E-state index in [1.807, 2.05) is 42.5 Å². The molecule has 1 heterocycles. The van der Waals surface area contributed by atoms with E-state index in [9.17, 15) is 13.2 Å². The smallest absolute Gasteiger partial charge is 0.291 e. The lowest BCUT2D eigenvalue weighted by molar-refractivity contribution is -0.923. The SMILES string of the molecule is C=CC[N+](CC=C)(CC(=O)N1[C@H]2C[C@@H]3CC[C@@]2(CS1(=O)=O)C3(C)C)Cc1ccccc1. The van der Waals surface area contributed by atoms with Crippen LogP contribution in [0.3, 0.4) is 0 Å². The summed E-state index contributed by atoms with van der Waals surface area (Å²) in [5, 5.41) is 0. The molecule has 168 valence electrons. The van der Waals surface area contributed by atoms with Gasteiger partial charge in [-0.3, -0.25) is 4.79 Å². The van der Waals surface area contributed by atoms with E-state index in [2.05, 4.69) is 27.0 Å². The van der Waals surface area contributed by atoms with Crippen LogP contribution in [0.15, 0.2) is 55.6 Å². The summed E-state index contributed by atoms with van der Waals surface area (Å²) in [5.41, 5.74) is 0.775. The second kappa shape index (κ2) is 7.59. The van der Waals surface area contributed by atoms with Gasteiger partial charge in [0.25, 0.3) is 5.91 Å². The number of carbonyl (C=O) groups is 1. The predicted octanol–water partition coefficient (Wildman–Crippen LogP) is 3.74. The van der Waals surface area contributed by atoms with E-state index in [1.54, 1.807) is 0 Å². The Morgan fingerprint density at radius 3 is 2.42 bits per heavy atom. The molecule has 0 aromatic heterocycles. The van der Waals surface area contributed by atoms with E-state index < -0.39 is 10.0 Å². The van der Waals surface area contributed by atoms with Crippen LogP contribution in [0, 0.1) is 16.7 Å². The standard InChI is InChI=1S/C25H35N2O3S/c1-5-14-27(15-6-2,17-20-10-8-7-9-11-20)18-23(28)26-22-16-21-12-13-25(22,24(21,3)4)19-31(26,29)30/h5-11,21-22H,1-2,12-19H2,3-4H3/q+1/t21-,22-,25-/m0/s1. The fourth-order valence-corrected chi connectivity index (χ4v) is 9.42. The number of hydrogen-bond donors (Lipinski definition) is 0. The molecule has 1 aromatic carbocycles. The highest BCUT2D eigenvalue weighted by Gasteiger charge is 2.72. The van der Waals surface area contributed by atoms with Gasteiger partial charge in [-0.05, 0) is 42.7 Å². The van der Waals surface area contributed by atoms with Crippen molar-refractivity contribution in [1.29, 1.82) is 0 Å². The summed E-state index contributed by atoms with van der Waals surface area (Å²) in [5.74, 6) is 0.333. The minimum absolute atomic E-state index is 0.0437. The number of quaternary nitrogens is 1. The van der Waals surface area contributed by atoms with Crippen molar-refractivity contribution in [3.8, 4) is 0 Å². The molecule has 3 aliphatic rings. The highest BCUT2D eigenvalue weighted by Crippen LogP contribution is 2.69. The number of amides is 1. The fraction of sp³-hybridized carbons (Fsp3) is 0.560. The summed E-state index contributed by atoms with van der Waals surface area (Å²) >= 11 is 0. The first-order valence-electron chi connectivity index (χ1n) is 11.3. The van der Waals surface area contributed by atoms with E-state index >= 15 is 0 Å². The third kappa shape index (κ3) is 3.39. The van der Waals surface area contributed by atoms with Gasteiger partial charge in [-0.1, -0.05) is 57.3 Å². The Morgan fingerprint density at radius 1 is 1.19 bits per heavy atom. The number of fused-ring (bicyclic) bond motifs is 1. The van der Waals surface area contributed by atoms with Crippen molar-refractivity contribution in [2.75, 3.05) is 25.4 Å². The van der Waals surface area contributed by atoms with Gasteiger partial charge in [0.1, 0.15) is 6.54 Å². The summed E-state index contributed by atoms with van der Waals surface area (Å²) in [7, 11) is -3.61. The molecule has 4 rings (SSSR count). The third-order valence-electron chi connectivity index (χ3n) is 8.52. The molecule has 5 nitrogen and oxygen atoms in total. The molecular weight excluding hydrogens is 408 g/mol. The number of carbonyl (C=O) groups excluding carboxylic acids is 1. The second-order valence-electron chi connectivity index (χ2n) is 10.4. The van der Waals surface area contributed by atoms with Gasteiger partial charge in [-0.15, -0.1) is 0 Å². The molecule has 1 amide bonds. The Hall–Kier alpha value is -1.92. The van der Waals surface area contributed by atoms with Gasteiger partial charge in [0, 0.05) is 11.0 Å². The highest BCUT2D eigenvalue weighted by molar-refractivity contribution is 7.90. The largest absolute Gasteiger partial charge is 0.306 e. The first kappa shape index (κ1) is 22.3. The number of hydrogen-bond acceptors (Lipinski definition) is 3. The van der Waals surface area contributed by atoms with E-state index in [-0.39, 0.29) is 35.1 Å². The van der Waals surface area contributed by atoms with Crippen LogP contribution in [0.4, 0.5) is 0 Å². The van der Waals surface area contributed by atoms with Crippen LogP contribution < -0.4 is 0 Å². The van der Waals surface area contributed by atoms with E-state index in [1.165, 1.54) is 4.31 Å². The lowest BCUT2D eigenvalue weighted by Crippen LogP contribution is -2.55. The van der Waals surface area contributed by atoms with Crippen LogP contribution in [0.2, 0.25) is 0 Å². The first-order valence-corrected chi connectivity index (χ1v) is 12.9. The van der Waals surface area contributed by atoms with Gasteiger partial charge >= 0.3 is 0 Å². The fourth-order valence-electron chi connectivity index (χ4n) is 6.88. The average molecular weight is 444 g/mol. The predicted molar refractivity (Wildman–Crippen MR) is 123 cm³/mol. The van der Waals surface area contributed by atoms with E-state index in [0.717, 1.165) is 24.8 Å². The van der Waals surface area contributed by atoms with E-state index in [4.69, 9.17) is 0 Å². The lowest BCUT2D eigenvalue weighted by Gasteiger charge is -2.39. The van der Waals surface area contributed by atoms with Gasteiger partial charge < -0.3 is 4.48 Å². The van der Waals surface area contributed by atoms with Crippen LogP contribution in [-0.2, 0) is 21.4 Å². The van der Waals surface area contributed by atoms with Gasteiger partial charge in [0.05, 0.1) is 24.9 Å². The number of nitrogens with zero attached hydrogens (tertiary/aromatic N) is 2. The number of rotatable bonds is 8. The van der Waals surface area contributed by atoms with Gasteiger partial charge in [0.15, 0.2) is 6.54 Å². The molecule has 1 saturated heterocycles. The van der Waals surface area contributed by atoms with Crippen LogP contribution >= 0.6 is 0 Å². The number of benzene rings is 1. The van der Waals surface area contributed by atoms with Crippen molar-refractivity contribution in [3.63, 3.8) is 0 Å². The van der Waals surface area contributed by atoms with Crippen molar-refractivity contribution in [2.45, 2.75) is 45.7 Å². The zero-order valence-electron chi connectivity index (χ0n) is 18.8. The molecule has 6 heteroatoms. The lowest BCUT2D eigenvalue weighted by atomic mass is 9.69. The van der Waals surface area contributed by atoms with Crippen molar-refractivity contribution in [3.05, 3.63) is 61.2 Å². The first-order chi connectivity index (χ1) is 14.6. The maximum Gasteiger partial charge on any atom is 0.291 e. The Morgan fingerprint density at radius 2 is 1.84 bits per heavy atom. The summed E-state index contributed by atoms with van der Waals surface area (Å²) in [4.78, 5) is 13.7. The summed E-state index contributed by atoms with van der Waals surface area (Å²) in [6, 6.07) is 9.84. The van der Waals surface area contributed by atoms with Crippen molar-refractivity contribution < 1.29 is 17.7 Å². The monoisotopic (exact) mass is 443 g/mol. The Balaban J connectivity index is 1.66. The van der Waals surface area contributed by atoms with E-state index in [0.29, 0.717) is 30.0 Å². The molecule has 1 aromatic rings. The van der Waals surface area contributed by atoms with Crippen LogP contribution in [0.5, 0.6) is 0 Å². The Bertz CT molecular complexity index is 975.